The first-order valence-corrected chi connectivity index (χ1v) is 10.5. The van der Waals surface area contributed by atoms with Gasteiger partial charge in [-0.15, -0.1) is 0 Å². The van der Waals surface area contributed by atoms with Gasteiger partial charge < -0.3 is 9.47 Å². The van der Waals surface area contributed by atoms with E-state index in [-0.39, 0.29) is 38.7 Å². The average Bonchev–Trinajstić information content (AvgIpc) is 3.12. The highest BCUT2D eigenvalue weighted by molar-refractivity contribution is 6.40. The predicted molar refractivity (Wildman–Crippen MR) is 123 cm³/mol. The van der Waals surface area contributed by atoms with Gasteiger partial charge in [0.15, 0.2) is 12.4 Å². The van der Waals surface area contributed by atoms with Gasteiger partial charge in [0.2, 0.25) is 0 Å². The summed E-state index contributed by atoms with van der Waals surface area (Å²) in [4.78, 5) is 62.0. The summed E-state index contributed by atoms with van der Waals surface area (Å²) in [6, 6.07) is 10.5. The largest absolute Gasteiger partial charge is 0.496 e. The van der Waals surface area contributed by atoms with Gasteiger partial charge in [-0.3, -0.25) is 24.5 Å². The highest BCUT2D eigenvalue weighted by Crippen LogP contribution is 2.40. The third-order valence-electron chi connectivity index (χ3n) is 5.32. The Bertz CT molecular complexity index is 1460. The average molecular weight is 513 g/mol. The Hall–Kier alpha value is -4.64. The summed E-state index contributed by atoms with van der Waals surface area (Å²) < 4.78 is 23.3. The van der Waals surface area contributed by atoms with Crippen molar-refractivity contribution in [2.24, 2.45) is 0 Å². The Morgan fingerprint density at radius 1 is 1.08 bits per heavy atom. The number of halogens is 2. The number of nitro benzene ring substituents is 1. The van der Waals surface area contributed by atoms with E-state index in [1.54, 1.807) is 0 Å². The molecule has 0 saturated heterocycles. The first kappa shape index (κ1) is 24.5. The van der Waals surface area contributed by atoms with E-state index in [0.29, 0.717) is 4.90 Å². The van der Waals surface area contributed by atoms with Crippen molar-refractivity contribution in [1.29, 1.82) is 0 Å². The first-order valence-electron chi connectivity index (χ1n) is 10.1. The minimum atomic E-state index is -0.992. The lowest BCUT2D eigenvalue weighted by atomic mass is 10.1. The first-order chi connectivity index (χ1) is 17.1. The van der Waals surface area contributed by atoms with Crippen LogP contribution in [0.15, 0.2) is 54.6 Å². The molecule has 0 aromatic heterocycles. The molecule has 3 aromatic rings. The summed E-state index contributed by atoms with van der Waals surface area (Å²) >= 11 is 6.29. The molecule has 2 amide bonds. The van der Waals surface area contributed by atoms with Crippen molar-refractivity contribution in [3.63, 3.8) is 0 Å². The zero-order chi connectivity index (χ0) is 26.1. The van der Waals surface area contributed by atoms with Gasteiger partial charge in [-0.1, -0.05) is 17.7 Å². The number of ether oxygens (including phenoxy) is 2. The topological polar surface area (TPSA) is 133 Å². The molecule has 0 atom stereocenters. The number of carbonyl (C=O) groups is 4. The molecule has 0 saturated carbocycles. The number of anilines is 1. The fraction of sp³-hybridized carbons (Fsp3) is 0.0833. The van der Waals surface area contributed by atoms with E-state index in [4.69, 9.17) is 21.1 Å². The molecule has 10 nitrogen and oxygen atoms in total. The number of methoxy groups -OCH3 is 1. The highest BCUT2D eigenvalue weighted by Gasteiger charge is 2.43. The van der Waals surface area contributed by atoms with Crippen LogP contribution in [0.5, 0.6) is 5.75 Å². The second-order valence-electron chi connectivity index (χ2n) is 7.41. The fourth-order valence-electron chi connectivity index (χ4n) is 3.61. The van der Waals surface area contributed by atoms with Crippen LogP contribution in [-0.2, 0) is 4.74 Å². The predicted octanol–water partition coefficient (Wildman–Crippen LogP) is 4.24. The number of imide groups is 1. The second-order valence-corrected chi connectivity index (χ2v) is 7.82. The zero-order valence-electron chi connectivity index (χ0n) is 18.3. The SMILES string of the molecule is COc1cc(N2C(=O)c3cccc([N+](=O)[O-])c3C2=O)c(Cl)cc1C(=O)OCC(=O)c1ccc(F)cc1. The number of esters is 1. The molecule has 12 heteroatoms. The minimum Gasteiger partial charge on any atom is -0.496 e. The van der Waals surface area contributed by atoms with Crippen LogP contribution in [0.25, 0.3) is 0 Å². The molecule has 0 unspecified atom stereocenters. The normalized spacial score (nSPS) is 12.4. The summed E-state index contributed by atoms with van der Waals surface area (Å²) in [6.45, 7) is -0.658. The number of benzene rings is 3. The molecule has 182 valence electrons. The standard InChI is InChI=1S/C24H14ClFN2O8/c1-35-20-10-18(27-22(30)14-3-2-4-17(28(33)34)21(14)23(27)31)16(25)9-15(20)24(32)36-11-19(29)12-5-7-13(26)8-6-12/h2-10H,11H2,1H3. The van der Waals surface area contributed by atoms with Crippen molar-refractivity contribution < 1.29 is 38.0 Å². The number of rotatable bonds is 7. The van der Waals surface area contributed by atoms with Crippen molar-refractivity contribution in [3.8, 4) is 5.75 Å². The number of nitrogens with zero attached hydrogens (tertiary/aromatic N) is 2. The number of ketones is 1. The summed E-state index contributed by atoms with van der Waals surface area (Å²) in [5.74, 6) is -4.06. The maximum Gasteiger partial charge on any atom is 0.342 e. The number of amides is 2. The molecular weight excluding hydrogens is 499 g/mol. The number of Topliss-reactive ketones (excluding diaryl/α,β-unsaturated/α-hetero) is 1. The molecule has 36 heavy (non-hydrogen) atoms. The fourth-order valence-corrected chi connectivity index (χ4v) is 3.86. The smallest absolute Gasteiger partial charge is 0.342 e. The Labute approximate surface area is 206 Å². The summed E-state index contributed by atoms with van der Waals surface area (Å²) in [6.07, 6.45) is 0. The molecule has 0 aliphatic carbocycles. The molecule has 1 aliphatic rings. The molecule has 0 fully saturated rings. The van der Waals surface area contributed by atoms with Crippen LogP contribution in [0.2, 0.25) is 5.02 Å². The maximum absolute atomic E-state index is 13.0. The molecule has 0 N–H and O–H groups in total. The minimum absolute atomic E-state index is 0.129. The zero-order valence-corrected chi connectivity index (χ0v) is 19.1. The number of nitro groups is 1. The summed E-state index contributed by atoms with van der Waals surface area (Å²) in [5, 5.41) is 11.1. The van der Waals surface area contributed by atoms with Crippen molar-refractivity contribution >= 4 is 46.5 Å². The lowest BCUT2D eigenvalue weighted by Crippen LogP contribution is -2.30. The van der Waals surface area contributed by atoms with E-state index in [1.165, 1.54) is 31.4 Å². The van der Waals surface area contributed by atoms with Gasteiger partial charge in [0.25, 0.3) is 17.5 Å². The number of hydrogen-bond donors (Lipinski definition) is 0. The van der Waals surface area contributed by atoms with E-state index < -0.39 is 46.6 Å². The van der Waals surface area contributed by atoms with Crippen LogP contribution in [0, 0.1) is 15.9 Å². The summed E-state index contributed by atoms with van der Waals surface area (Å²) in [7, 11) is 1.21. The van der Waals surface area contributed by atoms with E-state index in [2.05, 4.69) is 0 Å². The van der Waals surface area contributed by atoms with Crippen LogP contribution >= 0.6 is 11.6 Å². The lowest BCUT2D eigenvalue weighted by Gasteiger charge is -2.18. The Morgan fingerprint density at radius 2 is 1.78 bits per heavy atom. The van der Waals surface area contributed by atoms with Crippen LogP contribution in [-0.4, -0.2) is 42.2 Å². The quantitative estimate of drug-likeness (QED) is 0.151. The second kappa shape index (κ2) is 9.55. The Kier molecular flexibility index (Phi) is 6.49. The van der Waals surface area contributed by atoms with E-state index >= 15 is 0 Å². The van der Waals surface area contributed by atoms with Crippen LogP contribution < -0.4 is 9.64 Å². The van der Waals surface area contributed by atoms with Gasteiger partial charge in [0.05, 0.1) is 28.3 Å². The molecule has 1 aliphatic heterocycles. The molecule has 3 aromatic carbocycles. The van der Waals surface area contributed by atoms with E-state index in [1.807, 2.05) is 0 Å². The van der Waals surface area contributed by atoms with Crippen molar-refractivity contribution in [3.05, 3.63) is 97.8 Å². The molecule has 0 radical (unpaired) electrons. The highest BCUT2D eigenvalue weighted by atomic mass is 35.5. The van der Waals surface area contributed by atoms with Crippen molar-refractivity contribution in [1.82, 2.24) is 0 Å². The van der Waals surface area contributed by atoms with Crippen LogP contribution in [0.3, 0.4) is 0 Å². The number of carbonyl (C=O) groups excluding carboxylic acids is 4. The molecule has 0 bridgehead atoms. The summed E-state index contributed by atoms with van der Waals surface area (Å²) in [5.41, 5.74) is -1.35. The molecule has 1 heterocycles. The molecule has 0 spiro atoms. The van der Waals surface area contributed by atoms with Gasteiger partial charge in [0.1, 0.15) is 22.7 Å². The third kappa shape index (κ3) is 4.27. The maximum atomic E-state index is 13.0. The number of hydrogen-bond acceptors (Lipinski definition) is 8. The van der Waals surface area contributed by atoms with Crippen LogP contribution in [0.4, 0.5) is 15.8 Å². The van der Waals surface area contributed by atoms with Gasteiger partial charge in [0, 0.05) is 17.7 Å². The Balaban J connectivity index is 1.61. The number of fused-ring (bicyclic) bond motifs is 1. The van der Waals surface area contributed by atoms with Gasteiger partial charge in [-0.05, 0) is 36.4 Å². The van der Waals surface area contributed by atoms with Crippen molar-refractivity contribution in [2.75, 3.05) is 18.6 Å². The van der Waals surface area contributed by atoms with E-state index in [9.17, 15) is 33.7 Å². The van der Waals surface area contributed by atoms with Gasteiger partial charge in [-0.25, -0.2) is 14.1 Å². The van der Waals surface area contributed by atoms with Gasteiger partial charge in [-0.2, -0.15) is 0 Å². The Morgan fingerprint density at radius 3 is 2.42 bits per heavy atom. The molecule has 4 rings (SSSR count). The van der Waals surface area contributed by atoms with Crippen LogP contribution in [0.1, 0.15) is 41.4 Å². The van der Waals surface area contributed by atoms with E-state index in [0.717, 1.165) is 30.3 Å². The van der Waals surface area contributed by atoms with Crippen molar-refractivity contribution in [2.45, 2.75) is 0 Å². The van der Waals surface area contributed by atoms with Gasteiger partial charge >= 0.3 is 5.97 Å². The lowest BCUT2D eigenvalue weighted by molar-refractivity contribution is -0.385. The monoisotopic (exact) mass is 512 g/mol. The molecular formula is C24H14ClFN2O8. The third-order valence-corrected chi connectivity index (χ3v) is 5.62.